The minimum atomic E-state index is 0.115. The Labute approximate surface area is 120 Å². The fraction of sp³-hybridized carbons (Fsp3) is 0.875. The first-order valence-corrected chi connectivity index (χ1v) is 8.19. The number of hydrogen-bond acceptors (Lipinski definition) is 3. The molecule has 0 radical (unpaired) electrons. The van der Waals surface area contributed by atoms with Crippen molar-refractivity contribution in [2.75, 3.05) is 13.2 Å². The maximum atomic E-state index is 12.6. The summed E-state index contributed by atoms with van der Waals surface area (Å²) in [5.74, 6) is 0.705. The molecule has 2 heterocycles. The van der Waals surface area contributed by atoms with E-state index < -0.39 is 0 Å². The Hall–Kier alpha value is -0.900. The number of carbonyl (C=O) groups excluding carboxylic acids is 2. The third kappa shape index (κ3) is 2.90. The topological polar surface area (TPSA) is 46.6 Å². The molecule has 112 valence electrons. The first-order valence-electron chi connectivity index (χ1n) is 8.19. The second-order valence-electron chi connectivity index (χ2n) is 6.45. The Morgan fingerprint density at radius 1 is 1.15 bits per heavy atom. The van der Waals surface area contributed by atoms with Crippen LogP contribution in [-0.4, -0.2) is 41.9 Å². The van der Waals surface area contributed by atoms with Crippen molar-refractivity contribution in [1.29, 1.82) is 0 Å². The van der Waals surface area contributed by atoms with Crippen molar-refractivity contribution < 1.29 is 14.3 Å². The molecule has 2 aliphatic heterocycles. The second kappa shape index (κ2) is 6.25. The summed E-state index contributed by atoms with van der Waals surface area (Å²) in [5, 5.41) is 0. The standard InChI is InChI=1S/C16H25NO3/c18-15-8-3-6-13(15)14-7-1-2-9-17(14)16(19)11-12-5-4-10-20-12/h12-14H,1-11H2. The van der Waals surface area contributed by atoms with E-state index in [0.717, 1.165) is 64.5 Å². The number of piperidine rings is 1. The summed E-state index contributed by atoms with van der Waals surface area (Å²) >= 11 is 0. The van der Waals surface area contributed by atoms with Gasteiger partial charge in [0.05, 0.1) is 12.5 Å². The van der Waals surface area contributed by atoms with Crippen molar-refractivity contribution in [3.63, 3.8) is 0 Å². The Bertz CT molecular complexity index is 376. The predicted molar refractivity (Wildman–Crippen MR) is 75.3 cm³/mol. The van der Waals surface area contributed by atoms with Gasteiger partial charge in [0.15, 0.2) is 0 Å². The molecule has 0 aromatic heterocycles. The van der Waals surface area contributed by atoms with Crippen LogP contribution in [0.5, 0.6) is 0 Å². The Kier molecular flexibility index (Phi) is 4.39. The maximum Gasteiger partial charge on any atom is 0.225 e. The molecule has 1 saturated carbocycles. The van der Waals surface area contributed by atoms with E-state index in [1.165, 1.54) is 0 Å². The minimum absolute atomic E-state index is 0.115. The predicted octanol–water partition coefficient (Wildman–Crippen LogP) is 2.31. The van der Waals surface area contributed by atoms with Crippen LogP contribution in [0.15, 0.2) is 0 Å². The monoisotopic (exact) mass is 279 g/mol. The lowest BCUT2D eigenvalue weighted by molar-refractivity contribution is -0.140. The summed E-state index contributed by atoms with van der Waals surface area (Å²) in [7, 11) is 0. The van der Waals surface area contributed by atoms with Crippen molar-refractivity contribution in [2.24, 2.45) is 5.92 Å². The Morgan fingerprint density at radius 2 is 2.05 bits per heavy atom. The molecule has 4 heteroatoms. The summed E-state index contributed by atoms with van der Waals surface area (Å²) in [4.78, 5) is 26.6. The van der Waals surface area contributed by atoms with Crippen LogP contribution in [0.3, 0.4) is 0 Å². The number of ketones is 1. The zero-order valence-electron chi connectivity index (χ0n) is 12.2. The van der Waals surface area contributed by atoms with E-state index in [0.29, 0.717) is 12.2 Å². The van der Waals surface area contributed by atoms with Gasteiger partial charge in [-0.15, -0.1) is 0 Å². The molecule has 3 atom stereocenters. The number of Topliss-reactive ketones (excluding diaryl/α,β-unsaturated/α-hetero) is 1. The van der Waals surface area contributed by atoms with Crippen molar-refractivity contribution in [1.82, 2.24) is 4.90 Å². The SMILES string of the molecule is O=C1CCCC1C1CCCCN1C(=O)CC1CCCO1. The molecule has 0 aromatic carbocycles. The zero-order chi connectivity index (χ0) is 13.9. The normalized spacial score (nSPS) is 34.7. The van der Waals surface area contributed by atoms with Crippen LogP contribution in [0.1, 0.15) is 57.8 Å². The fourth-order valence-electron chi connectivity index (χ4n) is 4.05. The highest BCUT2D eigenvalue weighted by Crippen LogP contribution is 2.33. The maximum absolute atomic E-state index is 12.6. The number of likely N-dealkylation sites (tertiary alicyclic amines) is 1. The number of ether oxygens (including phenoxy) is 1. The molecule has 3 aliphatic rings. The summed E-state index contributed by atoms with van der Waals surface area (Å²) in [6.45, 7) is 1.63. The van der Waals surface area contributed by atoms with E-state index in [-0.39, 0.29) is 24.0 Å². The summed E-state index contributed by atoms with van der Waals surface area (Å²) in [6, 6.07) is 0.174. The lowest BCUT2D eigenvalue weighted by Crippen LogP contribution is -2.49. The average molecular weight is 279 g/mol. The van der Waals surface area contributed by atoms with Gasteiger partial charge in [-0.2, -0.15) is 0 Å². The molecule has 0 N–H and O–H groups in total. The van der Waals surface area contributed by atoms with Gasteiger partial charge in [0.2, 0.25) is 5.91 Å². The third-order valence-corrected chi connectivity index (χ3v) is 5.11. The smallest absolute Gasteiger partial charge is 0.225 e. The van der Waals surface area contributed by atoms with Crippen LogP contribution >= 0.6 is 0 Å². The highest BCUT2D eigenvalue weighted by Gasteiger charge is 2.39. The number of amides is 1. The summed E-state index contributed by atoms with van der Waals surface area (Å²) in [5.41, 5.74) is 0. The molecule has 0 aromatic rings. The summed E-state index contributed by atoms with van der Waals surface area (Å²) in [6.07, 6.45) is 8.65. The molecule has 4 nitrogen and oxygen atoms in total. The van der Waals surface area contributed by atoms with Crippen molar-refractivity contribution in [3.8, 4) is 0 Å². The quantitative estimate of drug-likeness (QED) is 0.796. The van der Waals surface area contributed by atoms with Gasteiger partial charge < -0.3 is 9.64 Å². The third-order valence-electron chi connectivity index (χ3n) is 5.11. The van der Waals surface area contributed by atoms with Crippen LogP contribution in [-0.2, 0) is 14.3 Å². The fourth-order valence-corrected chi connectivity index (χ4v) is 4.05. The van der Waals surface area contributed by atoms with E-state index in [4.69, 9.17) is 4.74 Å². The van der Waals surface area contributed by atoms with Gasteiger partial charge in [-0.05, 0) is 44.9 Å². The molecule has 1 aliphatic carbocycles. The number of hydrogen-bond donors (Lipinski definition) is 0. The van der Waals surface area contributed by atoms with E-state index in [2.05, 4.69) is 0 Å². The highest BCUT2D eigenvalue weighted by molar-refractivity contribution is 5.85. The van der Waals surface area contributed by atoms with Gasteiger partial charge in [-0.25, -0.2) is 0 Å². The Balaban J connectivity index is 1.64. The molecule has 3 unspecified atom stereocenters. The number of nitrogens with zero attached hydrogens (tertiary/aromatic N) is 1. The molecule has 0 bridgehead atoms. The van der Waals surface area contributed by atoms with Crippen LogP contribution in [0, 0.1) is 5.92 Å². The Morgan fingerprint density at radius 3 is 2.75 bits per heavy atom. The van der Waals surface area contributed by atoms with Gasteiger partial charge in [0, 0.05) is 31.5 Å². The van der Waals surface area contributed by atoms with Crippen LogP contribution < -0.4 is 0 Å². The van der Waals surface area contributed by atoms with Crippen molar-refractivity contribution in [3.05, 3.63) is 0 Å². The zero-order valence-corrected chi connectivity index (χ0v) is 12.2. The molecule has 0 spiro atoms. The molecule has 2 saturated heterocycles. The first-order chi connectivity index (χ1) is 9.75. The molecule has 3 fully saturated rings. The van der Waals surface area contributed by atoms with Gasteiger partial charge >= 0.3 is 0 Å². The van der Waals surface area contributed by atoms with Gasteiger partial charge in [-0.1, -0.05) is 0 Å². The molecule has 20 heavy (non-hydrogen) atoms. The van der Waals surface area contributed by atoms with E-state index in [9.17, 15) is 9.59 Å². The lowest BCUT2D eigenvalue weighted by Gasteiger charge is -2.39. The number of rotatable bonds is 3. The minimum Gasteiger partial charge on any atom is -0.378 e. The van der Waals surface area contributed by atoms with Gasteiger partial charge in [-0.3, -0.25) is 9.59 Å². The molecule has 1 amide bonds. The van der Waals surface area contributed by atoms with Crippen LogP contribution in [0.2, 0.25) is 0 Å². The first kappa shape index (κ1) is 14.1. The van der Waals surface area contributed by atoms with Crippen LogP contribution in [0.25, 0.3) is 0 Å². The van der Waals surface area contributed by atoms with E-state index in [1.54, 1.807) is 0 Å². The van der Waals surface area contributed by atoms with Gasteiger partial charge in [0.1, 0.15) is 5.78 Å². The van der Waals surface area contributed by atoms with Crippen molar-refractivity contribution >= 4 is 11.7 Å². The van der Waals surface area contributed by atoms with Crippen LogP contribution in [0.4, 0.5) is 0 Å². The van der Waals surface area contributed by atoms with Crippen molar-refractivity contribution in [2.45, 2.75) is 69.9 Å². The molecule has 3 rings (SSSR count). The van der Waals surface area contributed by atoms with Gasteiger partial charge in [0.25, 0.3) is 0 Å². The summed E-state index contributed by atoms with van der Waals surface area (Å²) < 4.78 is 5.58. The van der Waals surface area contributed by atoms with E-state index >= 15 is 0 Å². The van der Waals surface area contributed by atoms with E-state index in [1.807, 2.05) is 4.90 Å². The largest absolute Gasteiger partial charge is 0.378 e. The number of carbonyl (C=O) groups is 2. The average Bonchev–Trinajstić information content (AvgIpc) is 3.10. The second-order valence-corrected chi connectivity index (χ2v) is 6.45. The molecular weight excluding hydrogens is 254 g/mol. The lowest BCUT2D eigenvalue weighted by atomic mass is 9.88. The highest BCUT2D eigenvalue weighted by atomic mass is 16.5. The molecular formula is C16H25NO3.